The van der Waals surface area contributed by atoms with Gasteiger partial charge in [0.05, 0.1) is 22.3 Å². The average molecular weight is 434 g/mol. The minimum atomic E-state index is 0.666. The minimum Gasteiger partial charge on any atom is -0.456 e. The monoisotopic (exact) mass is 434 g/mol. The van der Waals surface area contributed by atoms with Crippen LogP contribution in [0.25, 0.3) is 60.6 Å². The molecule has 0 fully saturated rings. The first-order valence-corrected chi connectivity index (χ1v) is 11.3. The Bertz CT molecular complexity index is 1930. The number of benzene rings is 5. The molecule has 34 heavy (non-hydrogen) atoms. The number of furan rings is 1. The Morgan fingerprint density at radius 3 is 2.26 bits per heavy atom. The summed E-state index contributed by atoms with van der Waals surface area (Å²) in [5.74, 6) is 0. The third-order valence-electron chi connectivity index (χ3n) is 6.65. The predicted octanol–water partition coefficient (Wildman–Crippen LogP) is 8.22. The molecule has 0 N–H and O–H groups in total. The van der Waals surface area contributed by atoms with Gasteiger partial charge in [-0.1, -0.05) is 72.8 Å². The molecule has 0 saturated heterocycles. The number of aromatic nitrogens is 1. The van der Waals surface area contributed by atoms with Gasteiger partial charge in [0, 0.05) is 27.1 Å². The minimum absolute atomic E-state index is 0.666. The van der Waals surface area contributed by atoms with Crippen LogP contribution in [0.2, 0.25) is 0 Å². The number of nitrogens with zero attached hydrogens (tertiary/aromatic N) is 2. The molecule has 0 saturated carbocycles. The summed E-state index contributed by atoms with van der Waals surface area (Å²) in [7, 11) is 0. The van der Waals surface area contributed by atoms with E-state index in [0.717, 1.165) is 60.6 Å². The maximum atomic E-state index is 9.94. The van der Waals surface area contributed by atoms with Gasteiger partial charge in [-0.2, -0.15) is 5.26 Å². The summed E-state index contributed by atoms with van der Waals surface area (Å²) in [6, 6.07) is 39.6. The number of para-hydroxylation sites is 4. The molecule has 2 aromatic heterocycles. The molecule has 0 spiro atoms. The highest BCUT2D eigenvalue weighted by Crippen LogP contribution is 2.39. The van der Waals surface area contributed by atoms with Crippen LogP contribution < -0.4 is 0 Å². The Hall–Kier alpha value is -4.81. The molecule has 0 aliphatic rings. The van der Waals surface area contributed by atoms with E-state index in [-0.39, 0.29) is 0 Å². The molecule has 7 rings (SSSR count). The molecule has 3 heteroatoms. The van der Waals surface area contributed by atoms with E-state index in [0.29, 0.717) is 5.56 Å². The zero-order valence-electron chi connectivity index (χ0n) is 18.2. The fourth-order valence-electron chi connectivity index (χ4n) is 5.17. The largest absolute Gasteiger partial charge is 0.456 e. The lowest BCUT2D eigenvalue weighted by Crippen LogP contribution is -1.98. The van der Waals surface area contributed by atoms with Crippen molar-refractivity contribution in [3.8, 4) is 22.9 Å². The van der Waals surface area contributed by atoms with E-state index >= 15 is 0 Å². The standard InChI is InChI=1S/C31H18N2O/c32-19-21-8-7-12-25-23-10-2-5-14-28(23)33(31(21)25)27-13-4-1-9-22(27)20-16-17-30-26(18-20)24-11-3-6-15-29(24)34-30/h1-18H. The first kappa shape index (κ1) is 18.7. The molecule has 0 unspecified atom stereocenters. The van der Waals surface area contributed by atoms with Gasteiger partial charge in [-0.3, -0.25) is 0 Å². The summed E-state index contributed by atoms with van der Waals surface area (Å²) in [6.07, 6.45) is 0. The molecular weight excluding hydrogens is 416 g/mol. The number of fused-ring (bicyclic) bond motifs is 6. The summed E-state index contributed by atoms with van der Waals surface area (Å²) in [6.45, 7) is 0. The maximum Gasteiger partial charge on any atom is 0.135 e. The molecule has 2 heterocycles. The lowest BCUT2D eigenvalue weighted by atomic mass is 10.0. The predicted molar refractivity (Wildman–Crippen MR) is 138 cm³/mol. The Kier molecular flexibility index (Phi) is 3.91. The fraction of sp³-hybridized carbons (Fsp3) is 0. The first-order valence-electron chi connectivity index (χ1n) is 11.3. The molecule has 0 bridgehead atoms. The third-order valence-corrected chi connectivity index (χ3v) is 6.65. The second kappa shape index (κ2) is 7.10. The third kappa shape index (κ3) is 2.57. The number of hydrogen-bond donors (Lipinski definition) is 0. The van der Waals surface area contributed by atoms with Gasteiger partial charge >= 0.3 is 0 Å². The molecule has 3 nitrogen and oxygen atoms in total. The zero-order valence-corrected chi connectivity index (χ0v) is 18.2. The van der Waals surface area contributed by atoms with E-state index in [4.69, 9.17) is 4.42 Å². The molecule has 5 aromatic carbocycles. The van der Waals surface area contributed by atoms with Crippen molar-refractivity contribution in [1.29, 1.82) is 5.26 Å². The fourth-order valence-corrected chi connectivity index (χ4v) is 5.17. The highest BCUT2D eigenvalue weighted by molar-refractivity contribution is 6.11. The van der Waals surface area contributed by atoms with E-state index in [1.807, 2.05) is 36.4 Å². The highest BCUT2D eigenvalue weighted by Gasteiger charge is 2.18. The Morgan fingerprint density at radius 2 is 1.35 bits per heavy atom. The summed E-state index contributed by atoms with van der Waals surface area (Å²) in [4.78, 5) is 0. The van der Waals surface area contributed by atoms with Crippen molar-refractivity contribution in [3.63, 3.8) is 0 Å². The molecule has 158 valence electrons. The lowest BCUT2D eigenvalue weighted by molar-refractivity contribution is 0.669. The van der Waals surface area contributed by atoms with E-state index in [1.165, 1.54) is 0 Å². The van der Waals surface area contributed by atoms with Crippen LogP contribution in [0.4, 0.5) is 0 Å². The molecular formula is C31H18N2O. The number of nitriles is 1. The van der Waals surface area contributed by atoms with Crippen molar-refractivity contribution >= 4 is 43.7 Å². The van der Waals surface area contributed by atoms with Gasteiger partial charge in [0.15, 0.2) is 0 Å². The second-order valence-corrected chi connectivity index (χ2v) is 8.49. The van der Waals surface area contributed by atoms with E-state index in [1.54, 1.807) is 0 Å². The quantitative estimate of drug-likeness (QED) is 0.275. The topological polar surface area (TPSA) is 41.9 Å². The normalized spacial score (nSPS) is 11.5. The van der Waals surface area contributed by atoms with Crippen LogP contribution in [0.5, 0.6) is 0 Å². The van der Waals surface area contributed by atoms with Gasteiger partial charge in [-0.25, -0.2) is 0 Å². The van der Waals surface area contributed by atoms with Crippen LogP contribution in [0.3, 0.4) is 0 Å². The van der Waals surface area contributed by atoms with Crippen LogP contribution >= 0.6 is 0 Å². The summed E-state index contributed by atoms with van der Waals surface area (Å²) in [5.41, 5.74) is 7.72. The van der Waals surface area contributed by atoms with Gasteiger partial charge in [0.25, 0.3) is 0 Å². The summed E-state index contributed by atoms with van der Waals surface area (Å²) < 4.78 is 8.28. The molecule has 0 radical (unpaired) electrons. The smallest absolute Gasteiger partial charge is 0.135 e. The van der Waals surface area contributed by atoms with Gasteiger partial charge in [0.1, 0.15) is 17.2 Å². The van der Waals surface area contributed by atoms with Gasteiger partial charge in [-0.15, -0.1) is 0 Å². The Labute approximate surface area is 195 Å². The maximum absolute atomic E-state index is 9.94. The molecule has 0 atom stereocenters. The molecule has 0 aliphatic carbocycles. The van der Waals surface area contributed by atoms with Crippen molar-refractivity contribution in [1.82, 2.24) is 4.57 Å². The number of hydrogen-bond acceptors (Lipinski definition) is 2. The van der Waals surface area contributed by atoms with Crippen LogP contribution in [0, 0.1) is 11.3 Å². The zero-order chi connectivity index (χ0) is 22.6. The SMILES string of the molecule is N#Cc1cccc2c3ccccc3n(-c3ccccc3-c3ccc4oc5ccccc5c4c3)c12. The van der Waals surface area contributed by atoms with Crippen LogP contribution in [0.15, 0.2) is 114 Å². The van der Waals surface area contributed by atoms with Crippen molar-refractivity contribution < 1.29 is 4.42 Å². The highest BCUT2D eigenvalue weighted by atomic mass is 16.3. The molecule has 0 amide bonds. The summed E-state index contributed by atoms with van der Waals surface area (Å²) in [5, 5.41) is 14.4. The van der Waals surface area contributed by atoms with Crippen molar-refractivity contribution in [2.45, 2.75) is 0 Å². The lowest BCUT2D eigenvalue weighted by Gasteiger charge is -2.14. The van der Waals surface area contributed by atoms with E-state index in [2.05, 4.69) is 83.4 Å². The van der Waals surface area contributed by atoms with Gasteiger partial charge < -0.3 is 8.98 Å². The Morgan fingerprint density at radius 1 is 0.618 bits per heavy atom. The van der Waals surface area contributed by atoms with E-state index < -0.39 is 0 Å². The van der Waals surface area contributed by atoms with Crippen molar-refractivity contribution in [2.24, 2.45) is 0 Å². The first-order chi connectivity index (χ1) is 16.8. The van der Waals surface area contributed by atoms with E-state index in [9.17, 15) is 5.26 Å². The van der Waals surface area contributed by atoms with Gasteiger partial charge in [-0.05, 0) is 42.0 Å². The average Bonchev–Trinajstić information content (AvgIpc) is 3.44. The van der Waals surface area contributed by atoms with Crippen LogP contribution in [-0.4, -0.2) is 4.57 Å². The van der Waals surface area contributed by atoms with Crippen molar-refractivity contribution in [2.75, 3.05) is 0 Å². The second-order valence-electron chi connectivity index (χ2n) is 8.49. The van der Waals surface area contributed by atoms with Crippen molar-refractivity contribution in [3.05, 3.63) is 115 Å². The summed E-state index contributed by atoms with van der Waals surface area (Å²) >= 11 is 0. The van der Waals surface area contributed by atoms with Crippen LogP contribution in [-0.2, 0) is 0 Å². The van der Waals surface area contributed by atoms with Gasteiger partial charge in [0.2, 0.25) is 0 Å². The molecule has 0 aliphatic heterocycles. The number of rotatable bonds is 2. The Balaban J connectivity index is 1.57. The van der Waals surface area contributed by atoms with Crippen LogP contribution in [0.1, 0.15) is 5.56 Å². The molecule has 7 aromatic rings.